The number of carbonyl (C=O) groups excluding carboxylic acids is 3. The predicted octanol–water partition coefficient (Wildman–Crippen LogP) is 0.533. The third-order valence-corrected chi connectivity index (χ3v) is 5.20. The molecule has 0 spiro atoms. The lowest BCUT2D eigenvalue weighted by Gasteiger charge is -2.25. The van der Waals surface area contributed by atoms with Gasteiger partial charge in [0.2, 0.25) is 17.7 Å². The maximum atomic E-state index is 12.4. The van der Waals surface area contributed by atoms with Gasteiger partial charge in [-0.05, 0) is 25.7 Å². The van der Waals surface area contributed by atoms with Crippen molar-refractivity contribution in [1.29, 1.82) is 0 Å². The zero-order chi connectivity index (χ0) is 15.0. The molecule has 1 aliphatic carbocycles. The molecule has 2 aliphatic heterocycles. The number of imide groups is 1. The number of rotatable bonds is 3. The van der Waals surface area contributed by atoms with Crippen molar-refractivity contribution >= 4 is 30.1 Å². The van der Waals surface area contributed by atoms with E-state index in [2.05, 4.69) is 0 Å². The molecular formula is C15H24ClN3O3. The Kier molecular flexibility index (Phi) is 5.45. The molecule has 1 saturated carbocycles. The summed E-state index contributed by atoms with van der Waals surface area (Å²) in [7, 11) is 0. The van der Waals surface area contributed by atoms with Crippen LogP contribution in [0.1, 0.15) is 38.5 Å². The molecule has 3 fully saturated rings. The van der Waals surface area contributed by atoms with Crippen molar-refractivity contribution in [3.8, 4) is 0 Å². The van der Waals surface area contributed by atoms with E-state index in [1.807, 2.05) is 0 Å². The van der Waals surface area contributed by atoms with Crippen molar-refractivity contribution in [2.45, 2.75) is 44.6 Å². The van der Waals surface area contributed by atoms with Crippen molar-refractivity contribution in [2.24, 2.45) is 17.6 Å². The van der Waals surface area contributed by atoms with Crippen LogP contribution in [0.15, 0.2) is 0 Å². The van der Waals surface area contributed by atoms with Gasteiger partial charge in [0.05, 0.1) is 11.8 Å². The first-order valence-corrected chi connectivity index (χ1v) is 7.98. The van der Waals surface area contributed by atoms with Crippen LogP contribution < -0.4 is 5.73 Å². The summed E-state index contributed by atoms with van der Waals surface area (Å²) < 4.78 is 0. The topological polar surface area (TPSA) is 83.7 Å². The van der Waals surface area contributed by atoms with Crippen LogP contribution in [-0.4, -0.2) is 53.2 Å². The van der Waals surface area contributed by atoms with E-state index >= 15 is 0 Å². The molecule has 3 aliphatic rings. The fraction of sp³-hybridized carbons (Fsp3) is 0.800. The summed E-state index contributed by atoms with van der Waals surface area (Å²) in [6, 6.07) is 0.0626. The van der Waals surface area contributed by atoms with E-state index in [0.717, 1.165) is 38.5 Å². The van der Waals surface area contributed by atoms with Crippen molar-refractivity contribution in [2.75, 3.05) is 19.6 Å². The van der Waals surface area contributed by atoms with Gasteiger partial charge in [0.15, 0.2) is 0 Å². The van der Waals surface area contributed by atoms with E-state index < -0.39 is 0 Å². The number of hydrogen-bond donors (Lipinski definition) is 1. The maximum absolute atomic E-state index is 12.4. The number of amides is 3. The number of likely N-dealkylation sites (tertiary alicyclic amines) is 2. The Morgan fingerprint density at radius 1 is 1.05 bits per heavy atom. The van der Waals surface area contributed by atoms with Crippen molar-refractivity contribution in [1.82, 2.24) is 9.80 Å². The van der Waals surface area contributed by atoms with Gasteiger partial charge in [0.25, 0.3) is 0 Å². The Balaban J connectivity index is 0.00000176. The van der Waals surface area contributed by atoms with Gasteiger partial charge in [-0.3, -0.25) is 19.3 Å². The average molecular weight is 330 g/mol. The minimum Gasteiger partial charge on any atom is -0.337 e. The molecule has 0 aromatic carbocycles. The molecule has 3 rings (SSSR count). The second kappa shape index (κ2) is 6.96. The number of fused-ring (bicyclic) bond motifs is 1. The minimum atomic E-state index is -0.178. The average Bonchev–Trinajstić information content (AvgIpc) is 3.07. The van der Waals surface area contributed by atoms with Crippen LogP contribution in [0.25, 0.3) is 0 Å². The fourth-order valence-electron chi connectivity index (χ4n) is 4.02. The first kappa shape index (κ1) is 17.2. The molecule has 3 amide bonds. The summed E-state index contributed by atoms with van der Waals surface area (Å²) in [4.78, 5) is 40.1. The normalized spacial score (nSPS) is 31.2. The van der Waals surface area contributed by atoms with Gasteiger partial charge in [0, 0.05) is 19.1 Å². The summed E-state index contributed by atoms with van der Waals surface area (Å²) in [5.74, 6) is -0.766. The van der Waals surface area contributed by atoms with Crippen molar-refractivity contribution < 1.29 is 14.4 Å². The van der Waals surface area contributed by atoms with E-state index in [1.165, 1.54) is 4.90 Å². The molecule has 2 N–H and O–H groups in total. The van der Waals surface area contributed by atoms with E-state index in [0.29, 0.717) is 13.1 Å². The molecule has 0 aromatic rings. The van der Waals surface area contributed by atoms with Crippen LogP contribution in [0, 0.1) is 11.8 Å². The molecule has 7 heteroatoms. The second-order valence-corrected chi connectivity index (χ2v) is 6.38. The number of halogens is 1. The highest BCUT2D eigenvalue weighted by molar-refractivity contribution is 6.07. The number of hydrogen-bond acceptors (Lipinski definition) is 4. The molecule has 6 nitrogen and oxygen atoms in total. The molecule has 2 saturated heterocycles. The van der Waals surface area contributed by atoms with Gasteiger partial charge in [-0.15, -0.1) is 12.4 Å². The van der Waals surface area contributed by atoms with E-state index in [1.54, 1.807) is 4.90 Å². The maximum Gasteiger partial charge on any atom is 0.243 e. The molecule has 0 aromatic heterocycles. The van der Waals surface area contributed by atoms with Gasteiger partial charge in [-0.2, -0.15) is 0 Å². The predicted molar refractivity (Wildman–Crippen MR) is 83.2 cm³/mol. The first-order chi connectivity index (χ1) is 10.1. The third kappa shape index (κ3) is 2.86. The van der Waals surface area contributed by atoms with E-state index in [-0.39, 0.29) is 54.6 Å². The summed E-state index contributed by atoms with van der Waals surface area (Å²) in [6.45, 7) is 1.03. The van der Waals surface area contributed by atoms with Crippen LogP contribution >= 0.6 is 12.4 Å². The summed E-state index contributed by atoms with van der Waals surface area (Å²) in [5.41, 5.74) is 5.68. The highest BCUT2D eigenvalue weighted by Crippen LogP contribution is 2.38. The smallest absolute Gasteiger partial charge is 0.243 e. The molecule has 2 heterocycles. The van der Waals surface area contributed by atoms with Crippen LogP contribution in [0.3, 0.4) is 0 Å². The van der Waals surface area contributed by atoms with Crippen LogP contribution in [0.2, 0.25) is 0 Å². The van der Waals surface area contributed by atoms with E-state index in [4.69, 9.17) is 5.73 Å². The standard InChI is InChI=1S/C15H23N3O3.ClH/c16-8-10-4-3-7-17(10)13(19)9-18-14(20)11-5-1-2-6-12(11)15(18)21;/h10-12H,1-9,16H2;1H. The third-order valence-electron chi connectivity index (χ3n) is 5.20. The Hall–Kier alpha value is -1.14. The SMILES string of the molecule is Cl.NCC1CCCN1C(=O)CN1C(=O)C2CCCCC2C1=O. The quantitative estimate of drug-likeness (QED) is 0.766. The van der Waals surface area contributed by atoms with Gasteiger partial charge < -0.3 is 10.6 Å². The highest BCUT2D eigenvalue weighted by Gasteiger charge is 2.49. The lowest BCUT2D eigenvalue weighted by Crippen LogP contribution is -2.46. The first-order valence-electron chi connectivity index (χ1n) is 7.98. The van der Waals surface area contributed by atoms with Gasteiger partial charge >= 0.3 is 0 Å². The van der Waals surface area contributed by atoms with Crippen molar-refractivity contribution in [3.63, 3.8) is 0 Å². The largest absolute Gasteiger partial charge is 0.337 e. The highest BCUT2D eigenvalue weighted by atomic mass is 35.5. The minimum absolute atomic E-state index is 0. The Bertz CT molecular complexity index is 447. The summed E-state index contributed by atoms with van der Waals surface area (Å²) in [6.07, 6.45) is 5.44. The lowest BCUT2D eigenvalue weighted by atomic mass is 9.81. The summed E-state index contributed by atoms with van der Waals surface area (Å²) >= 11 is 0. The molecule has 3 unspecified atom stereocenters. The molecule has 0 radical (unpaired) electrons. The van der Waals surface area contributed by atoms with Crippen LogP contribution in [-0.2, 0) is 14.4 Å². The Morgan fingerprint density at radius 2 is 1.64 bits per heavy atom. The van der Waals surface area contributed by atoms with Gasteiger partial charge in [-0.25, -0.2) is 0 Å². The molecule has 124 valence electrons. The van der Waals surface area contributed by atoms with Gasteiger partial charge in [0.1, 0.15) is 6.54 Å². The summed E-state index contributed by atoms with van der Waals surface area (Å²) in [5, 5.41) is 0. The van der Waals surface area contributed by atoms with Crippen LogP contribution in [0.5, 0.6) is 0 Å². The monoisotopic (exact) mass is 329 g/mol. The molecule has 22 heavy (non-hydrogen) atoms. The zero-order valence-electron chi connectivity index (χ0n) is 12.7. The Labute approximate surface area is 136 Å². The Morgan fingerprint density at radius 3 is 2.18 bits per heavy atom. The van der Waals surface area contributed by atoms with E-state index in [9.17, 15) is 14.4 Å². The van der Waals surface area contributed by atoms with Crippen LogP contribution in [0.4, 0.5) is 0 Å². The number of nitrogens with two attached hydrogens (primary N) is 1. The van der Waals surface area contributed by atoms with Crippen molar-refractivity contribution in [3.05, 3.63) is 0 Å². The number of carbonyl (C=O) groups is 3. The van der Waals surface area contributed by atoms with Gasteiger partial charge in [-0.1, -0.05) is 12.8 Å². The lowest BCUT2D eigenvalue weighted by molar-refractivity contribution is -0.146. The zero-order valence-corrected chi connectivity index (χ0v) is 13.5. The molecule has 3 atom stereocenters. The molecule has 0 bridgehead atoms. The number of nitrogens with zero attached hydrogens (tertiary/aromatic N) is 2. The fourth-order valence-corrected chi connectivity index (χ4v) is 4.02. The molecular weight excluding hydrogens is 306 g/mol. The second-order valence-electron chi connectivity index (χ2n) is 6.38.